The SMILES string of the molecule is CCC(C)c1ccc(C(C)(O)C2CCCC2)cc1. The molecule has 0 heterocycles. The van der Waals surface area contributed by atoms with Crippen molar-refractivity contribution in [1.29, 1.82) is 0 Å². The van der Waals surface area contributed by atoms with Crippen LogP contribution in [0.15, 0.2) is 24.3 Å². The third-order valence-electron chi connectivity index (χ3n) is 4.83. The summed E-state index contributed by atoms with van der Waals surface area (Å²) in [5, 5.41) is 10.8. The number of hydrogen-bond donors (Lipinski definition) is 1. The van der Waals surface area contributed by atoms with Gasteiger partial charge in [0, 0.05) is 0 Å². The Morgan fingerprint density at radius 3 is 2.28 bits per heavy atom. The van der Waals surface area contributed by atoms with Gasteiger partial charge in [-0.15, -0.1) is 0 Å². The molecule has 1 saturated carbocycles. The maximum atomic E-state index is 10.8. The van der Waals surface area contributed by atoms with E-state index in [-0.39, 0.29) is 0 Å². The first kappa shape index (κ1) is 13.6. The van der Waals surface area contributed by atoms with E-state index in [1.165, 1.54) is 37.7 Å². The number of rotatable bonds is 4. The zero-order chi connectivity index (χ0) is 13.2. The van der Waals surface area contributed by atoms with Gasteiger partial charge in [0.25, 0.3) is 0 Å². The van der Waals surface area contributed by atoms with Gasteiger partial charge in [-0.25, -0.2) is 0 Å². The highest BCUT2D eigenvalue weighted by molar-refractivity contribution is 5.29. The fourth-order valence-corrected chi connectivity index (χ4v) is 3.11. The molecule has 1 nitrogen and oxygen atoms in total. The molecule has 1 fully saturated rings. The lowest BCUT2D eigenvalue weighted by atomic mass is 9.81. The summed E-state index contributed by atoms with van der Waals surface area (Å²) >= 11 is 0. The summed E-state index contributed by atoms with van der Waals surface area (Å²) in [7, 11) is 0. The van der Waals surface area contributed by atoms with Crippen LogP contribution in [0.2, 0.25) is 0 Å². The first-order valence-electron chi connectivity index (χ1n) is 7.38. The van der Waals surface area contributed by atoms with Crippen LogP contribution in [0.3, 0.4) is 0 Å². The standard InChI is InChI=1S/C17H26O/c1-4-13(2)14-9-11-16(12-10-14)17(3,18)15-7-5-6-8-15/h9-13,15,18H,4-8H2,1-3H3. The van der Waals surface area contributed by atoms with E-state index < -0.39 is 5.60 Å². The van der Waals surface area contributed by atoms with Crippen LogP contribution in [0.1, 0.15) is 69.9 Å². The molecule has 1 aromatic rings. The predicted octanol–water partition coefficient (Wildman–Crippen LogP) is 4.60. The van der Waals surface area contributed by atoms with E-state index in [1.54, 1.807) is 0 Å². The number of hydrogen-bond acceptors (Lipinski definition) is 1. The summed E-state index contributed by atoms with van der Waals surface area (Å²) in [5.41, 5.74) is 1.81. The zero-order valence-corrected chi connectivity index (χ0v) is 11.9. The molecule has 0 saturated heterocycles. The van der Waals surface area contributed by atoms with Gasteiger partial charge < -0.3 is 5.11 Å². The maximum Gasteiger partial charge on any atom is 0.0896 e. The van der Waals surface area contributed by atoms with E-state index in [4.69, 9.17) is 0 Å². The fourth-order valence-electron chi connectivity index (χ4n) is 3.11. The normalized spacial score (nSPS) is 21.8. The van der Waals surface area contributed by atoms with Crippen LogP contribution in [0.25, 0.3) is 0 Å². The summed E-state index contributed by atoms with van der Waals surface area (Å²) in [6.07, 6.45) is 6.04. The molecule has 1 aliphatic rings. The Hall–Kier alpha value is -0.820. The molecule has 2 unspecified atom stereocenters. The van der Waals surface area contributed by atoms with Crippen molar-refractivity contribution >= 4 is 0 Å². The highest BCUT2D eigenvalue weighted by atomic mass is 16.3. The smallest absolute Gasteiger partial charge is 0.0896 e. The quantitative estimate of drug-likeness (QED) is 0.823. The van der Waals surface area contributed by atoms with E-state index in [1.807, 2.05) is 6.92 Å². The van der Waals surface area contributed by atoms with E-state index in [9.17, 15) is 5.11 Å². The molecule has 2 rings (SSSR count). The molecule has 100 valence electrons. The third-order valence-corrected chi connectivity index (χ3v) is 4.83. The van der Waals surface area contributed by atoms with Gasteiger partial charge in [0.1, 0.15) is 0 Å². The molecule has 0 bridgehead atoms. The largest absolute Gasteiger partial charge is 0.385 e. The van der Waals surface area contributed by atoms with E-state index >= 15 is 0 Å². The molecular formula is C17H26O. The lowest BCUT2D eigenvalue weighted by Crippen LogP contribution is -2.30. The Morgan fingerprint density at radius 2 is 1.78 bits per heavy atom. The van der Waals surface area contributed by atoms with Crippen LogP contribution in [-0.4, -0.2) is 5.11 Å². The Balaban J connectivity index is 2.17. The second kappa shape index (κ2) is 5.44. The van der Waals surface area contributed by atoms with Gasteiger partial charge in [0.2, 0.25) is 0 Å². The molecule has 0 spiro atoms. The van der Waals surface area contributed by atoms with Crippen LogP contribution in [0, 0.1) is 5.92 Å². The molecule has 0 aromatic heterocycles. The highest BCUT2D eigenvalue weighted by Gasteiger charge is 2.35. The number of benzene rings is 1. The second-order valence-corrected chi connectivity index (χ2v) is 6.06. The van der Waals surface area contributed by atoms with Crippen LogP contribution in [0.5, 0.6) is 0 Å². The summed E-state index contributed by atoms with van der Waals surface area (Å²) in [6.45, 7) is 6.46. The van der Waals surface area contributed by atoms with Crippen molar-refractivity contribution < 1.29 is 5.11 Å². The molecule has 0 radical (unpaired) electrons. The molecule has 1 aliphatic carbocycles. The lowest BCUT2D eigenvalue weighted by molar-refractivity contribution is -0.00333. The zero-order valence-electron chi connectivity index (χ0n) is 11.9. The minimum atomic E-state index is -0.648. The van der Waals surface area contributed by atoms with E-state index in [0.717, 1.165) is 5.56 Å². The van der Waals surface area contributed by atoms with Gasteiger partial charge in [-0.05, 0) is 49.1 Å². The Kier molecular flexibility index (Phi) is 4.11. The second-order valence-electron chi connectivity index (χ2n) is 6.06. The summed E-state index contributed by atoms with van der Waals surface area (Å²) in [4.78, 5) is 0. The van der Waals surface area contributed by atoms with Crippen LogP contribution in [0.4, 0.5) is 0 Å². The van der Waals surface area contributed by atoms with Crippen LogP contribution < -0.4 is 0 Å². The average Bonchev–Trinajstić information content (AvgIpc) is 2.92. The predicted molar refractivity (Wildman–Crippen MR) is 76.7 cm³/mol. The monoisotopic (exact) mass is 246 g/mol. The first-order chi connectivity index (χ1) is 8.55. The van der Waals surface area contributed by atoms with Gasteiger partial charge in [0.15, 0.2) is 0 Å². The third kappa shape index (κ3) is 2.61. The van der Waals surface area contributed by atoms with Crippen molar-refractivity contribution in [3.05, 3.63) is 35.4 Å². The van der Waals surface area contributed by atoms with Crippen molar-refractivity contribution in [1.82, 2.24) is 0 Å². The van der Waals surface area contributed by atoms with E-state index in [0.29, 0.717) is 11.8 Å². The molecule has 18 heavy (non-hydrogen) atoms. The van der Waals surface area contributed by atoms with Crippen molar-refractivity contribution in [2.75, 3.05) is 0 Å². The van der Waals surface area contributed by atoms with Crippen molar-refractivity contribution in [2.24, 2.45) is 5.92 Å². The topological polar surface area (TPSA) is 20.2 Å². The molecule has 2 atom stereocenters. The molecule has 0 aliphatic heterocycles. The molecule has 1 N–H and O–H groups in total. The minimum Gasteiger partial charge on any atom is -0.385 e. The Labute approximate surface area is 111 Å². The maximum absolute atomic E-state index is 10.8. The van der Waals surface area contributed by atoms with Crippen molar-refractivity contribution in [3.63, 3.8) is 0 Å². The fraction of sp³-hybridized carbons (Fsp3) is 0.647. The lowest BCUT2D eigenvalue weighted by Gasteiger charge is -2.31. The molecule has 1 heteroatoms. The minimum absolute atomic E-state index is 0.437. The molecule has 1 aromatic carbocycles. The summed E-state index contributed by atoms with van der Waals surface area (Å²) in [5.74, 6) is 1.04. The molecule has 0 amide bonds. The van der Waals surface area contributed by atoms with Gasteiger partial charge in [-0.3, -0.25) is 0 Å². The van der Waals surface area contributed by atoms with E-state index in [2.05, 4.69) is 38.1 Å². The van der Waals surface area contributed by atoms with Crippen molar-refractivity contribution in [3.8, 4) is 0 Å². The van der Waals surface area contributed by atoms with Gasteiger partial charge in [-0.2, -0.15) is 0 Å². The first-order valence-corrected chi connectivity index (χ1v) is 7.38. The Bertz CT molecular complexity index is 371. The average molecular weight is 246 g/mol. The van der Waals surface area contributed by atoms with Gasteiger partial charge in [-0.1, -0.05) is 51.0 Å². The van der Waals surface area contributed by atoms with Gasteiger partial charge >= 0.3 is 0 Å². The van der Waals surface area contributed by atoms with Gasteiger partial charge in [0.05, 0.1) is 5.60 Å². The van der Waals surface area contributed by atoms with Crippen LogP contribution >= 0.6 is 0 Å². The summed E-state index contributed by atoms with van der Waals surface area (Å²) in [6, 6.07) is 8.62. The summed E-state index contributed by atoms with van der Waals surface area (Å²) < 4.78 is 0. The molecular weight excluding hydrogens is 220 g/mol. The van der Waals surface area contributed by atoms with Crippen molar-refractivity contribution in [2.45, 2.75) is 64.4 Å². The Morgan fingerprint density at radius 1 is 1.22 bits per heavy atom. The van der Waals surface area contributed by atoms with Crippen LogP contribution in [-0.2, 0) is 5.60 Å². The highest BCUT2D eigenvalue weighted by Crippen LogP contribution is 2.40. The number of aliphatic hydroxyl groups is 1.